The number of nitrogens with zero attached hydrogens (tertiary/aromatic N) is 3. The van der Waals surface area contributed by atoms with E-state index in [9.17, 15) is 13.2 Å². The lowest BCUT2D eigenvalue weighted by molar-refractivity contribution is -0.134. The number of sulfonamides is 1. The molecule has 25 heavy (non-hydrogen) atoms. The van der Waals surface area contributed by atoms with Gasteiger partial charge in [0.15, 0.2) is 0 Å². The van der Waals surface area contributed by atoms with Gasteiger partial charge in [-0.15, -0.1) is 0 Å². The van der Waals surface area contributed by atoms with Crippen molar-refractivity contribution in [2.45, 2.75) is 33.2 Å². The van der Waals surface area contributed by atoms with E-state index in [2.05, 4.69) is 4.90 Å². The standard InChI is InChI=1S/C18H29N3O3S/c1-6-17(18(22)20-11-9-19(4)10-12-20)21(25(5,23)24)16-8-7-14(2)15(3)13-16/h7-8,13,17H,6,9-12H2,1-5H3/t17-/m1/s1. The van der Waals surface area contributed by atoms with Crippen LogP contribution < -0.4 is 4.31 Å². The number of rotatable bonds is 5. The fourth-order valence-electron chi connectivity index (χ4n) is 3.14. The minimum absolute atomic E-state index is 0.112. The Morgan fingerprint density at radius 2 is 1.76 bits per heavy atom. The van der Waals surface area contributed by atoms with E-state index in [0.717, 1.165) is 24.2 Å². The zero-order chi connectivity index (χ0) is 18.8. The molecule has 0 N–H and O–H groups in total. The fourth-order valence-corrected chi connectivity index (χ4v) is 4.34. The monoisotopic (exact) mass is 367 g/mol. The van der Waals surface area contributed by atoms with Gasteiger partial charge in [0, 0.05) is 26.2 Å². The highest BCUT2D eigenvalue weighted by Gasteiger charge is 2.35. The Labute approximate surface area is 151 Å². The predicted octanol–water partition coefficient (Wildman–Crippen LogP) is 1.62. The molecule has 6 nitrogen and oxygen atoms in total. The Morgan fingerprint density at radius 1 is 1.16 bits per heavy atom. The first-order valence-electron chi connectivity index (χ1n) is 8.69. The minimum atomic E-state index is -3.58. The summed E-state index contributed by atoms with van der Waals surface area (Å²) in [5.74, 6) is -0.112. The maximum absolute atomic E-state index is 13.1. The maximum atomic E-state index is 13.1. The fraction of sp³-hybridized carbons (Fsp3) is 0.611. The summed E-state index contributed by atoms with van der Waals surface area (Å²) in [7, 11) is -1.55. The van der Waals surface area contributed by atoms with E-state index >= 15 is 0 Å². The number of carbonyl (C=O) groups excluding carboxylic acids is 1. The molecule has 0 spiro atoms. The Kier molecular flexibility index (Phi) is 6.11. The molecule has 0 aromatic heterocycles. The lowest BCUT2D eigenvalue weighted by Crippen LogP contribution is -2.55. The van der Waals surface area contributed by atoms with Gasteiger partial charge in [-0.1, -0.05) is 13.0 Å². The molecule has 0 radical (unpaired) electrons. The summed E-state index contributed by atoms with van der Waals surface area (Å²) in [4.78, 5) is 17.0. The molecule has 1 fully saturated rings. The quantitative estimate of drug-likeness (QED) is 0.793. The lowest BCUT2D eigenvalue weighted by atomic mass is 10.1. The van der Waals surface area contributed by atoms with Crippen molar-refractivity contribution in [2.24, 2.45) is 0 Å². The van der Waals surface area contributed by atoms with Crippen molar-refractivity contribution in [1.29, 1.82) is 0 Å². The summed E-state index contributed by atoms with van der Waals surface area (Å²) in [5, 5.41) is 0. The highest BCUT2D eigenvalue weighted by Crippen LogP contribution is 2.26. The van der Waals surface area contributed by atoms with E-state index in [1.165, 1.54) is 10.6 Å². The van der Waals surface area contributed by atoms with Crippen LogP contribution >= 0.6 is 0 Å². The molecule has 1 aliphatic heterocycles. The zero-order valence-electron chi connectivity index (χ0n) is 15.8. The van der Waals surface area contributed by atoms with Crippen molar-refractivity contribution in [2.75, 3.05) is 43.8 Å². The van der Waals surface area contributed by atoms with Gasteiger partial charge in [-0.2, -0.15) is 0 Å². The van der Waals surface area contributed by atoms with Crippen LogP contribution in [0.1, 0.15) is 24.5 Å². The third kappa shape index (κ3) is 4.52. The normalized spacial score (nSPS) is 17.4. The molecule has 0 saturated carbocycles. The Balaban J connectivity index is 2.37. The first kappa shape index (κ1) is 19.7. The number of anilines is 1. The largest absolute Gasteiger partial charge is 0.338 e. The average molecular weight is 368 g/mol. The topological polar surface area (TPSA) is 60.9 Å². The first-order chi connectivity index (χ1) is 11.6. The van der Waals surface area contributed by atoms with E-state index in [0.29, 0.717) is 25.2 Å². The number of benzene rings is 1. The van der Waals surface area contributed by atoms with Crippen molar-refractivity contribution in [1.82, 2.24) is 9.80 Å². The SMILES string of the molecule is CC[C@H](C(=O)N1CCN(C)CC1)N(c1ccc(C)c(C)c1)S(C)(=O)=O. The van der Waals surface area contributed by atoms with Gasteiger partial charge in [0.1, 0.15) is 6.04 Å². The van der Waals surface area contributed by atoms with Gasteiger partial charge in [-0.3, -0.25) is 9.10 Å². The van der Waals surface area contributed by atoms with Crippen LogP contribution in [0.15, 0.2) is 18.2 Å². The van der Waals surface area contributed by atoms with E-state index in [1.54, 1.807) is 11.0 Å². The Morgan fingerprint density at radius 3 is 2.24 bits per heavy atom. The molecule has 7 heteroatoms. The number of hydrogen-bond acceptors (Lipinski definition) is 4. The van der Waals surface area contributed by atoms with Gasteiger partial charge in [0.05, 0.1) is 11.9 Å². The molecule has 2 rings (SSSR count). The highest BCUT2D eigenvalue weighted by molar-refractivity contribution is 7.92. The Hall–Kier alpha value is -1.60. The Bertz CT molecular complexity index is 725. The second kappa shape index (κ2) is 7.74. The average Bonchev–Trinajstić information content (AvgIpc) is 2.54. The van der Waals surface area contributed by atoms with Crippen LogP contribution in [0.2, 0.25) is 0 Å². The number of carbonyl (C=O) groups is 1. The van der Waals surface area contributed by atoms with Gasteiger partial charge in [0.25, 0.3) is 0 Å². The molecule has 1 atom stereocenters. The van der Waals surface area contributed by atoms with Gasteiger partial charge in [-0.05, 0) is 50.6 Å². The summed E-state index contributed by atoms with van der Waals surface area (Å²) in [6.07, 6.45) is 1.60. The van der Waals surface area contributed by atoms with Gasteiger partial charge in [0.2, 0.25) is 15.9 Å². The molecular weight excluding hydrogens is 338 g/mol. The molecule has 1 aromatic carbocycles. The van der Waals surface area contributed by atoms with Crippen molar-refractivity contribution in [3.05, 3.63) is 29.3 Å². The zero-order valence-corrected chi connectivity index (χ0v) is 16.6. The van der Waals surface area contributed by atoms with Crippen molar-refractivity contribution >= 4 is 21.6 Å². The summed E-state index contributed by atoms with van der Waals surface area (Å²) in [6.45, 7) is 8.68. The van der Waals surface area contributed by atoms with Crippen LogP contribution in [0.5, 0.6) is 0 Å². The minimum Gasteiger partial charge on any atom is -0.338 e. The van der Waals surface area contributed by atoms with Crippen LogP contribution in [0.3, 0.4) is 0 Å². The van der Waals surface area contributed by atoms with Crippen LogP contribution in [-0.2, 0) is 14.8 Å². The third-order valence-electron chi connectivity index (χ3n) is 4.87. The van der Waals surface area contributed by atoms with Gasteiger partial charge < -0.3 is 9.80 Å². The molecule has 0 bridgehead atoms. The maximum Gasteiger partial charge on any atom is 0.246 e. The first-order valence-corrected chi connectivity index (χ1v) is 10.5. The molecule has 1 saturated heterocycles. The summed E-state index contributed by atoms with van der Waals surface area (Å²) < 4.78 is 26.3. The van der Waals surface area contributed by atoms with E-state index < -0.39 is 16.1 Å². The molecule has 0 unspecified atom stereocenters. The second-order valence-electron chi connectivity index (χ2n) is 6.88. The molecular formula is C18H29N3O3S. The van der Waals surface area contributed by atoms with E-state index in [4.69, 9.17) is 0 Å². The number of amides is 1. The lowest BCUT2D eigenvalue weighted by Gasteiger charge is -2.38. The molecule has 1 heterocycles. The second-order valence-corrected chi connectivity index (χ2v) is 8.74. The van der Waals surface area contributed by atoms with E-state index in [1.807, 2.05) is 40.0 Å². The molecule has 1 aliphatic rings. The number of hydrogen-bond donors (Lipinski definition) is 0. The van der Waals surface area contributed by atoms with Crippen LogP contribution in [0.25, 0.3) is 0 Å². The van der Waals surface area contributed by atoms with Crippen molar-refractivity contribution in [3.63, 3.8) is 0 Å². The van der Waals surface area contributed by atoms with Crippen LogP contribution in [0.4, 0.5) is 5.69 Å². The summed E-state index contributed by atoms with van der Waals surface area (Å²) in [6, 6.07) is 4.82. The molecule has 140 valence electrons. The smallest absolute Gasteiger partial charge is 0.246 e. The van der Waals surface area contributed by atoms with Crippen molar-refractivity contribution < 1.29 is 13.2 Å². The third-order valence-corrected chi connectivity index (χ3v) is 6.05. The number of aryl methyl sites for hydroxylation is 2. The number of piperazine rings is 1. The highest BCUT2D eigenvalue weighted by atomic mass is 32.2. The predicted molar refractivity (Wildman–Crippen MR) is 101 cm³/mol. The van der Waals surface area contributed by atoms with Crippen molar-refractivity contribution in [3.8, 4) is 0 Å². The molecule has 1 amide bonds. The summed E-state index contributed by atoms with van der Waals surface area (Å²) >= 11 is 0. The van der Waals surface area contributed by atoms with Gasteiger partial charge in [-0.25, -0.2) is 8.42 Å². The number of likely N-dealkylation sites (N-methyl/N-ethyl adjacent to an activating group) is 1. The molecule has 0 aliphatic carbocycles. The van der Waals surface area contributed by atoms with Crippen LogP contribution in [-0.4, -0.2) is 69.6 Å². The summed E-state index contributed by atoms with van der Waals surface area (Å²) in [5.41, 5.74) is 2.66. The van der Waals surface area contributed by atoms with E-state index in [-0.39, 0.29) is 5.91 Å². The molecule has 1 aromatic rings. The van der Waals surface area contributed by atoms with Crippen LogP contribution in [0, 0.1) is 13.8 Å². The van der Waals surface area contributed by atoms with Gasteiger partial charge >= 0.3 is 0 Å².